The molecule has 0 saturated carbocycles. The van der Waals surface area contributed by atoms with Gasteiger partial charge in [-0.2, -0.15) is 5.10 Å². The lowest BCUT2D eigenvalue weighted by Gasteiger charge is -2.15. The second-order valence-electron chi connectivity index (χ2n) is 6.55. The number of carbonyl (C=O) groups is 1. The molecule has 1 amide bonds. The summed E-state index contributed by atoms with van der Waals surface area (Å²) in [5.74, 6) is 1.38. The van der Waals surface area contributed by atoms with E-state index in [4.69, 9.17) is 9.47 Å². The van der Waals surface area contributed by atoms with Crippen LogP contribution in [0.3, 0.4) is 0 Å². The molecule has 0 bridgehead atoms. The van der Waals surface area contributed by atoms with Gasteiger partial charge in [-0.25, -0.2) is 0 Å². The van der Waals surface area contributed by atoms with Crippen molar-refractivity contribution in [2.45, 2.75) is 31.6 Å². The molecule has 1 atom stereocenters. The third kappa shape index (κ3) is 5.17. The maximum absolute atomic E-state index is 12.8. The van der Waals surface area contributed by atoms with E-state index in [-0.39, 0.29) is 11.2 Å². The van der Waals surface area contributed by atoms with Gasteiger partial charge in [0.05, 0.1) is 32.2 Å². The van der Waals surface area contributed by atoms with Crippen molar-refractivity contribution in [1.82, 2.24) is 4.90 Å². The second kappa shape index (κ2) is 10.1. The number of ether oxygens (including phenoxy) is 2. The van der Waals surface area contributed by atoms with E-state index in [0.29, 0.717) is 23.2 Å². The summed E-state index contributed by atoms with van der Waals surface area (Å²) in [7, 11) is 3.19. The van der Waals surface area contributed by atoms with Gasteiger partial charge in [0.15, 0.2) is 16.7 Å². The first-order chi connectivity index (χ1) is 14.2. The van der Waals surface area contributed by atoms with E-state index < -0.39 is 0 Å². The van der Waals surface area contributed by atoms with Crippen LogP contribution in [-0.2, 0) is 11.3 Å². The van der Waals surface area contributed by atoms with E-state index in [2.05, 4.69) is 17.1 Å². The predicted molar refractivity (Wildman–Crippen MR) is 118 cm³/mol. The van der Waals surface area contributed by atoms with Crippen LogP contribution < -0.4 is 9.47 Å². The van der Waals surface area contributed by atoms with Crippen LogP contribution in [0.5, 0.6) is 11.5 Å². The van der Waals surface area contributed by atoms with Gasteiger partial charge in [-0.3, -0.25) is 9.69 Å². The van der Waals surface area contributed by atoms with Gasteiger partial charge in [0.1, 0.15) is 0 Å². The lowest BCUT2D eigenvalue weighted by atomic mass is 10.2. The molecular formula is C22H25N3O3S. The fraction of sp³-hybridized carbons (Fsp3) is 0.318. The first kappa shape index (κ1) is 20.9. The quantitative estimate of drug-likeness (QED) is 0.479. The number of rotatable bonds is 8. The van der Waals surface area contributed by atoms with E-state index in [9.17, 15) is 4.79 Å². The van der Waals surface area contributed by atoms with Crippen molar-refractivity contribution in [1.29, 1.82) is 0 Å². The highest BCUT2D eigenvalue weighted by molar-refractivity contribution is 8.15. The van der Waals surface area contributed by atoms with Gasteiger partial charge in [-0.05, 0) is 35.7 Å². The summed E-state index contributed by atoms with van der Waals surface area (Å²) in [5, 5.41) is 9.12. The molecule has 1 aliphatic heterocycles. The number of methoxy groups -OCH3 is 2. The zero-order valence-corrected chi connectivity index (χ0v) is 17.7. The Balaban J connectivity index is 1.80. The van der Waals surface area contributed by atoms with Crippen LogP contribution in [0.2, 0.25) is 0 Å². The van der Waals surface area contributed by atoms with Crippen LogP contribution >= 0.6 is 11.8 Å². The molecule has 0 unspecified atom stereocenters. The Morgan fingerprint density at radius 2 is 1.86 bits per heavy atom. The van der Waals surface area contributed by atoms with Crippen LogP contribution in [0.15, 0.2) is 58.7 Å². The zero-order valence-electron chi connectivity index (χ0n) is 16.9. The lowest BCUT2D eigenvalue weighted by Crippen LogP contribution is -2.31. The molecule has 0 aromatic heterocycles. The average Bonchev–Trinajstić information content (AvgIpc) is 3.03. The van der Waals surface area contributed by atoms with Crippen molar-refractivity contribution in [3.8, 4) is 11.5 Å². The van der Waals surface area contributed by atoms with Crippen LogP contribution in [0.1, 0.15) is 30.9 Å². The Bertz CT molecular complexity index is 899. The fourth-order valence-corrected chi connectivity index (χ4v) is 4.23. The summed E-state index contributed by atoms with van der Waals surface area (Å²) in [6.45, 7) is 2.58. The molecule has 1 fully saturated rings. The summed E-state index contributed by atoms with van der Waals surface area (Å²) in [4.78, 5) is 14.6. The summed E-state index contributed by atoms with van der Waals surface area (Å²) in [6.07, 6.45) is 3.42. The minimum Gasteiger partial charge on any atom is -0.493 e. The topological polar surface area (TPSA) is 63.5 Å². The Kier molecular flexibility index (Phi) is 7.30. The van der Waals surface area contributed by atoms with Gasteiger partial charge >= 0.3 is 0 Å². The number of amides is 1. The van der Waals surface area contributed by atoms with Gasteiger partial charge in [0.25, 0.3) is 0 Å². The highest BCUT2D eigenvalue weighted by Gasteiger charge is 2.37. The molecule has 6 nitrogen and oxygen atoms in total. The Morgan fingerprint density at radius 1 is 1.10 bits per heavy atom. The van der Waals surface area contributed by atoms with Crippen LogP contribution in [0, 0.1) is 0 Å². The monoisotopic (exact) mass is 411 g/mol. The predicted octanol–water partition coefficient (Wildman–Crippen LogP) is 4.34. The molecule has 0 aliphatic carbocycles. The summed E-state index contributed by atoms with van der Waals surface area (Å²) >= 11 is 1.49. The van der Waals surface area contributed by atoms with E-state index in [0.717, 1.165) is 24.0 Å². The van der Waals surface area contributed by atoms with E-state index in [1.54, 1.807) is 25.3 Å². The van der Waals surface area contributed by atoms with Crippen molar-refractivity contribution in [3.05, 3.63) is 59.7 Å². The normalized spacial score (nSPS) is 18.0. The van der Waals surface area contributed by atoms with Gasteiger partial charge in [0, 0.05) is 0 Å². The smallest absolute Gasteiger partial charge is 0.242 e. The third-order valence-corrected chi connectivity index (χ3v) is 5.75. The number of thioether (sulfide) groups is 1. The summed E-state index contributed by atoms with van der Waals surface area (Å²) < 4.78 is 10.6. The molecule has 152 valence electrons. The molecular weight excluding hydrogens is 386 g/mol. The maximum atomic E-state index is 12.8. The highest BCUT2D eigenvalue weighted by Crippen LogP contribution is 2.32. The van der Waals surface area contributed by atoms with Crippen molar-refractivity contribution in [2.24, 2.45) is 10.2 Å². The van der Waals surface area contributed by atoms with Crippen LogP contribution in [0.4, 0.5) is 0 Å². The Hall–Kier alpha value is -2.80. The number of hydrogen-bond donors (Lipinski definition) is 0. The molecule has 1 saturated heterocycles. The Morgan fingerprint density at radius 3 is 2.55 bits per heavy atom. The number of amidine groups is 1. The van der Waals surface area contributed by atoms with Crippen LogP contribution in [0.25, 0.3) is 0 Å². The standard InChI is InChI=1S/C22H25N3O3S/c1-4-8-20-21(26)25(15-16-9-6-5-7-10-16)22(29-20)24-23-14-17-11-12-18(27-2)19(13-17)28-3/h5-7,9-14,20H,4,8,15H2,1-3H3/b23-14-,24-22+/t20-/m1/s1. The number of hydrogen-bond acceptors (Lipinski definition) is 6. The maximum Gasteiger partial charge on any atom is 0.242 e. The Labute approximate surface area is 175 Å². The van der Waals surface area contributed by atoms with Gasteiger partial charge in [-0.1, -0.05) is 55.4 Å². The van der Waals surface area contributed by atoms with Gasteiger partial charge in [-0.15, -0.1) is 5.10 Å². The molecule has 2 aromatic rings. The fourth-order valence-electron chi connectivity index (χ4n) is 3.02. The average molecular weight is 412 g/mol. The van der Waals surface area contributed by atoms with E-state index >= 15 is 0 Å². The minimum absolute atomic E-state index is 0.0979. The van der Waals surface area contributed by atoms with Crippen molar-refractivity contribution >= 4 is 29.1 Å². The number of benzene rings is 2. The summed E-state index contributed by atoms with van der Waals surface area (Å²) in [6, 6.07) is 15.5. The van der Waals surface area contributed by atoms with Gasteiger partial charge in [0.2, 0.25) is 5.91 Å². The molecule has 1 heterocycles. The molecule has 1 aliphatic rings. The molecule has 29 heavy (non-hydrogen) atoms. The van der Waals surface area contributed by atoms with Crippen molar-refractivity contribution in [3.63, 3.8) is 0 Å². The SMILES string of the molecule is CCC[C@H]1S/C(=N/N=C\c2ccc(OC)c(OC)c2)N(Cc2ccccc2)C1=O. The zero-order chi connectivity index (χ0) is 20.6. The number of carbonyl (C=O) groups excluding carboxylic acids is 1. The van der Waals surface area contributed by atoms with Crippen molar-refractivity contribution < 1.29 is 14.3 Å². The minimum atomic E-state index is -0.0984. The largest absolute Gasteiger partial charge is 0.493 e. The third-order valence-electron chi connectivity index (χ3n) is 4.51. The molecule has 3 rings (SSSR count). The number of nitrogens with zero attached hydrogens (tertiary/aromatic N) is 3. The first-order valence-corrected chi connectivity index (χ1v) is 10.4. The molecule has 2 aromatic carbocycles. The molecule has 0 spiro atoms. The molecule has 7 heteroatoms. The van der Waals surface area contributed by atoms with E-state index in [1.807, 2.05) is 48.5 Å². The second-order valence-corrected chi connectivity index (χ2v) is 7.72. The van der Waals surface area contributed by atoms with E-state index in [1.165, 1.54) is 11.8 Å². The highest BCUT2D eigenvalue weighted by atomic mass is 32.2. The first-order valence-electron chi connectivity index (χ1n) is 9.51. The summed E-state index contributed by atoms with van der Waals surface area (Å²) in [5.41, 5.74) is 1.90. The lowest BCUT2D eigenvalue weighted by molar-refractivity contribution is -0.126. The molecule has 0 radical (unpaired) electrons. The van der Waals surface area contributed by atoms with Crippen molar-refractivity contribution in [2.75, 3.05) is 14.2 Å². The van der Waals surface area contributed by atoms with Gasteiger partial charge < -0.3 is 9.47 Å². The van der Waals surface area contributed by atoms with Crippen LogP contribution in [-0.4, -0.2) is 41.7 Å². The molecule has 0 N–H and O–H groups in total.